The molecule has 0 aliphatic carbocycles. The van der Waals surface area contributed by atoms with Gasteiger partial charge in [-0.15, -0.1) is 0 Å². The monoisotopic (exact) mass is 446 g/mol. The molecule has 0 aliphatic heterocycles. The highest BCUT2D eigenvalue weighted by molar-refractivity contribution is 6.01. The minimum atomic E-state index is -1.08. The van der Waals surface area contributed by atoms with Crippen molar-refractivity contribution in [2.45, 2.75) is 19.6 Å². The van der Waals surface area contributed by atoms with Gasteiger partial charge in [0.25, 0.3) is 5.91 Å². The average molecular weight is 447 g/mol. The second kappa shape index (κ2) is 12.8. The van der Waals surface area contributed by atoms with E-state index in [1.54, 1.807) is 0 Å². The maximum absolute atomic E-state index is 12.8. The fourth-order valence-electron chi connectivity index (χ4n) is 3.06. The summed E-state index contributed by atoms with van der Waals surface area (Å²) in [5.41, 5.74) is 4.88. The molecule has 33 heavy (non-hydrogen) atoms. The molecule has 0 heterocycles. The predicted octanol–water partition coefficient (Wildman–Crippen LogP) is 2.95. The number of hydrogen-bond acceptors (Lipinski definition) is 5. The molecule has 3 aromatic carbocycles. The lowest BCUT2D eigenvalue weighted by atomic mass is 9.98. The van der Waals surface area contributed by atoms with E-state index < -0.39 is 23.7 Å². The van der Waals surface area contributed by atoms with Crippen molar-refractivity contribution in [3.63, 3.8) is 0 Å². The van der Waals surface area contributed by atoms with E-state index in [1.165, 1.54) is 0 Å². The standard InChI is InChI=1S/C26H26N2O5/c29-24(32-18-21-12-6-2-7-13-21)17-27-25(30)23(16-20-10-4-1-5-11-20)26(31)28-33-19-22-14-8-3-9-15-22/h1-15,23H,16-19H2,(H,27,30)(H,28,31). The van der Waals surface area contributed by atoms with Crippen LogP contribution in [0.1, 0.15) is 16.7 Å². The summed E-state index contributed by atoms with van der Waals surface area (Å²) < 4.78 is 5.17. The van der Waals surface area contributed by atoms with Crippen molar-refractivity contribution in [3.8, 4) is 0 Å². The van der Waals surface area contributed by atoms with Gasteiger partial charge in [-0.3, -0.25) is 19.2 Å². The van der Waals surface area contributed by atoms with Gasteiger partial charge in [-0.1, -0.05) is 91.0 Å². The second-order valence-electron chi connectivity index (χ2n) is 7.35. The van der Waals surface area contributed by atoms with E-state index in [4.69, 9.17) is 9.57 Å². The van der Waals surface area contributed by atoms with E-state index in [0.717, 1.165) is 16.7 Å². The number of carbonyl (C=O) groups excluding carboxylic acids is 3. The zero-order valence-corrected chi connectivity index (χ0v) is 18.1. The van der Waals surface area contributed by atoms with Gasteiger partial charge in [0.2, 0.25) is 5.91 Å². The van der Waals surface area contributed by atoms with Crippen LogP contribution in [0, 0.1) is 5.92 Å². The summed E-state index contributed by atoms with van der Waals surface area (Å²) in [6, 6.07) is 27.7. The van der Waals surface area contributed by atoms with Crippen molar-refractivity contribution >= 4 is 17.8 Å². The third kappa shape index (κ3) is 8.23. The van der Waals surface area contributed by atoms with Gasteiger partial charge in [-0.05, 0) is 23.1 Å². The van der Waals surface area contributed by atoms with Crippen LogP contribution in [0.3, 0.4) is 0 Å². The Bertz CT molecular complexity index is 1030. The van der Waals surface area contributed by atoms with Crippen molar-refractivity contribution in [1.82, 2.24) is 10.8 Å². The fourth-order valence-corrected chi connectivity index (χ4v) is 3.06. The molecule has 170 valence electrons. The summed E-state index contributed by atoms with van der Waals surface area (Å²) in [5, 5.41) is 2.50. The molecule has 0 spiro atoms. The number of rotatable bonds is 11. The van der Waals surface area contributed by atoms with Crippen LogP contribution in [0.2, 0.25) is 0 Å². The maximum Gasteiger partial charge on any atom is 0.325 e. The van der Waals surface area contributed by atoms with Crippen LogP contribution in [0.4, 0.5) is 0 Å². The van der Waals surface area contributed by atoms with Gasteiger partial charge in [-0.2, -0.15) is 0 Å². The Balaban J connectivity index is 1.53. The van der Waals surface area contributed by atoms with Crippen molar-refractivity contribution in [1.29, 1.82) is 0 Å². The molecule has 0 bridgehead atoms. The third-order valence-corrected chi connectivity index (χ3v) is 4.82. The Kier molecular flexibility index (Phi) is 9.17. The third-order valence-electron chi connectivity index (χ3n) is 4.82. The first-order valence-electron chi connectivity index (χ1n) is 10.6. The summed E-state index contributed by atoms with van der Waals surface area (Å²) in [5.74, 6) is -2.85. The number of nitrogens with one attached hydrogen (secondary N) is 2. The van der Waals surface area contributed by atoms with Gasteiger partial charge in [0.15, 0.2) is 0 Å². The summed E-state index contributed by atoms with van der Waals surface area (Å²) in [7, 11) is 0. The van der Waals surface area contributed by atoms with E-state index in [-0.39, 0.29) is 26.2 Å². The molecule has 0 aliphatic rings. The number of benzene rings is 3. The van der Waals surface area contributed by atoms with Crippen LogP contribution in [-0.4, -0.2) is 24.3 Å². The number of hydrogen-bond donors (Lipinski definition) is 2. The Morgan fingerprint density at radius 2 is 1.18 bits per heavy atom. The second-order valence-corrected chi connectivity index (χ2v) is 7.35. The quantitative estimate of drug-likeness (QED) is 0.268. The van der Waals surface area contributed by atoms with Gasteiger partial charge in [0.1, 0.15) is 19.1 Å². The minimum Gasteiger partial charge on any atom is -0.460 e. The molecule has 0 radical (unpaired) electrons. The average Bonchev–Trinajstić information content (AvgIpc) is 2.86. The van der Waals surface area contributed by atoms with Gasteiger partial charge in [-0.25, -0.2) is 5.48 Å². The summed E-state index contributed by atoms with van der Waals surface area (Å²) in [4.78, 5) is 42.8. The highest BCUT2D eigenvalue weighted by Crippen LogP contribution is 2.10. The van der Waals surface area contributed by atoms with Crippen molar-refractivity contribution in [2.24, 2.45) is 5.92 Å². The van der Waals surface area contributed by atoms with Crippen LogP contribution in [0.15, 0.2) is 91.0 Å². The molecule has 7 nitrogen and oxygen atoms in total. The van der Waals surface area contributed by atoms with Crippen LogP contribution in [-0.2, 0) is 43.6 Å². The van der Waals surface area contributed by atoms with Gasteiger partial charge < -0.3 is 10.1 Å². The number of hydroxylamine groups is 1. The van der Waals surface area contributed by atoms with Crippen LogP contribution < -0.4 is 10.8 Å². The highest BCUT2D eigenvalue weighted by Gasteiger charge is 2.27. The predicted molar refractivity (Wildman–Crippen MR) is 122 cm³/mol. The van der Waals surface area contributed by atoms with Gasteiger partial charge in [0, 0.05) is 0 Å². The van der Waals surface area contributed by atoms with Crippen molar-refractivity contribution in [3.05, 3.63) is 108 Å². The Morgan fingerprint density at radius 1 is 0.667 bits per heavy atom. The van der Waals surface area contributed by atoms with E-state index >= 15 is 0 Å². The first-order chi connectivity index (χ1) is 16.1. The minimum absolute atomic E-state index is 0.108. The number of esters is 1. The zero-order chi connectivity index (χ0) is 23.3. The molecule has 3 aromatic rings. The lowest BCUT2D eigenvalue weighted by Gasteiger charge is -2.17. The lowest BCUT2D eigenvalue weighted by Crippen LogP contribution is -2.44. The summed E-state index contributed by atoms with van der Waals surface area (Å²) >= 11 is 0. The van der Waals surface area contributed by atoms with Crippen molar-refractivity contribution < 1.29 is 24.0 Å². The Morgan fingerprint density at radius 3 is 1.76 bits per heavy atom. The maximum atomic E-state index is 12.8. The molecule has 2 N–H and O–H groups in total. The largest absolute Gasteiger partial charge is 0.460 e. The molecule has 0 saturated carbocycles. The highest BCUT2D eigenvalue weighted by atomic mass is 16.6. The summed E-state index contributed by atoms with van der Waals surface area (Å²) in [6.07, 6.45) is 0.159. The molecule has 7 heteroatoms. The SMILES string of the molecule is O=C(CNC(=O)C(Cc1ccccc1)C(=O)NOCc1ccccc1)OCc1ccccc1. The van der Waals surface area contributed by atoms with E-state index in [1.807, 2.05) is 91.0 Å². The van der Waals surface area contributed by atoms with Gasteiger partial charge in [0.05, 0.1) is 6.61 Å². The molecule has 0 fully saturated rings. The normalized spacial score (nSPS) is 11.3. The Hall–Kier alpha value is -3.97. The molecule has 1 atom stereocenters. The first-order valence-corrected chi connectivity index (χ1v) is 10.6. The topological polar surface area (TPSA) is 93.7 Å². The number of ether oxygens (including phenoxy) is 1. The number of carbonyl (C=O) groups is 3. The van der Waals surface area contributed by atoms with E-state index in [0.29, 0.717) is 0 Å². The summed E-state index contributed by atoms with van der Waals surface area (Å²) in [6.45, 7) is -0.0655. The Labute approximate surface area is 192 Å². The first kappa shape index (κ1) is 23.7. The molecule has 0 aromatic heterocycles. The molecule has 2 amide bonds. The lowest BCUT2D eigenvalue weighted by molar-refractivity contribution is -0.148. The fraction of sp³-hybridized carbons (Fsp3) is 0.192. The molecule has 1 unspecified atom stereocenters. The molecular formula is C26H26N2O5. The molecular weight excluding hydrogens is 420 g/mol. The van der Waals surface area contributed by atoms with Gasteiger partial charge >= 0.3 is 5.97 Å². The van der Waals surface area contributed by atoms with Crippen LogP contribution in [0.5, 0.6) is 0 Å². The molecule has 0 saturated heterocycles. The van der Waals surface area contributed by atoms with Crippen LogP contribution in [0.25, 0.3) is 0 Å². The van der Waals surface area contributed by atoms with Crippen molar-refractivity contribution in [2.75, 3.05) is 6.54 Å². The van der Waals surface area contributed by atoms with E-state index in [2.05, 4.69) is 10.8 Å². The molecule has 3 rings (SSSR count). The number of amides is 2. The zero-order valence-electron chi connectivity index (χ0n) is 18.1. The van der Waals surface area contributed by atoms with E-state index in [9.17, 15) is 14.4 Å². The van der Waals surface area contributed by atoms with Crippen LogP contribution >= 0.6 is 0 Å². The smallest absolute Gasteiger partial charge is 0.325 e.